The van der Waals surface area contributed by atoms with Crippen LogP contribution in [0.4, 0.5) is 4.79 Å². The molecule has 0 aromatic rings. The van der Waals surface area contributed by atoms with Gasteiger partial charge in [0, 0.05) is 19.6 Å². The van der Waals surface area contributed by atoms with Crippen molar-refractivity contribution in [1.29, 1.82) is 0 Å². The van der Waals surface area contributed by atoms with E-state index >= 15 is 0 Å². The van der Waals surface area contributed by atoms with Crippen molar-refractivity contribution in [3.05, 3.63) is 0 Å². The first-order valence-corrected chi connectivity index (χ1v) is 7.56. The third-order valence-corrected chi connectivity index (χ3v) is 4.46. The minimum atomic E-state index is -0.863. The van der Waals surface area contributed by atoms with Crippen LogP contribution < -0.4 is 10.6 Å². The summed E-state index contributed by atoms with van der Waals surface area (Å²) in [6.45, 7) is 1.59. The smallest absolute Gasteiger partial charge is 0.315 e. The van der Waals surface area contributed by atoms with Crippen LogP contribution in [0.15, 0.2) is 0 Å². The predicted molar refractivity (Wildman–Crippen MR) is 75.8 cm³/mol. The number of carbonyl (C=O) groups excluding carboxylic acids is 2. The van der Waals surface area contributed by atoms with Gasteiger partial charge in [-0.05, 0) is 32.1 Å². The van der Waals surface area contributed by atoms with E-state index < -0.39 is 17.4 Å². The van der Waals surface area contributed by atoms with Crippen LogP contribution in [-0.4, -0.2) is 54.1 Å². The van der Waals surface area contributed by atoms with E-state index in [1.54, 1.807) is 4.90 Å². The number of carboxylic acids is 1. The molecule has 0 aromatic heterocycles. The molecule has 0 bridgehead atoms. The fraction of sp³-hybridized carbons (Fsp3) is 0.786. The molecule has 0 atom stereocenters. The van der Waals surface area contributed by atoms with Crippen LogP contribution in [-0.2, 0) is 9.59 Å². The largest absolute Gasteiger partial charge is 0.481 e. The van der Waals surface area contributed by atoms with E-state index in [0.29, 0.717) is 12.8 Å². The lowest BCUT2D eigenvalue weighted by atomic mass is 9.69. The van der Waals surface area contributed by atoms with Crippen LogP contribution in [0, 0.1) is 5.41 Å². The summed E-state index contributed by atoms with van der Waals surface area (Å²) in [6.07, 6.45) is 5.24. The number of hydrogen-bond donors (Lipinski definition) is 3. The predicted octanol–water partition coefficient (Wildman–Crippen LogP) is 0.553. The highest BCUT2D eigenvalue weighted by atomic mass is 16.4. The monoisotopic (exact) mass is 297 g/mol. The standard InChI is InChI=1S/C14H23N3O4/c18-11(17-7-2-1-3-8-17)9-15-13(21)16-10-14(12(19)20)5-4-6-14/h1-10H2,(H,19,20)(H2,15,16,21). The molecule has 118 valence electrons. The number of carbonyl (C=O) groups is 3. The number of nitrogens with zero attached hydrogens (tertiary/aromatic N) is 1. The lowest BCUT2D eigenvalue weighted by Crippen LogP contribution is -2.51. The summed E-state index contributed by atoms with van der Waals surface area (Å²) in [7, 11) is 0. The molecule has 1 aliphatic heterocycles. The van der Waals surface area contributed by atoms with Gasteiger partial charge in [0.15, 0.2) is 0 Å². The molecular formula is C14H23N3O4. The molecule has 3 amide bonds. The van der Waals surface area contributed by atoms with Gasteiger partial charge in [-0.1, -0.05) is 6.42 Å². The number of carboxylic acid groups (broad SMARTS) is 1. The molecule has 1 saturated carbocycles. The Morgan fingerprint density at radius 2 is 1.67 bits per heavy atom. The van der Waals surface area contributed by atoms with Crippen molar-refractivity contribution in [3.8, 4) is 0 Å². The molecule has 3 N–H and O–H groups in total. The molecule has 2 rings (SSSR count). The highest BCUT2D eigenvalue weighted by Crippen LogP contribution is 2.40. The fourth-order valence-electron chi connectivity index (χ4n) is 2.79. The quantitative estimate of drug-likeness (QED) is 0.690. The molecule has 0 radical (unpaired) electrons. The van der Waals surface area contributed by atoms with Crippen LogP contribution in [0.2, 0.25) is 0 Å². The second-order valence-electron chi connectivity index (χ2n) is 5.92. The van der Waals surface area contributed by atoms with Gasteiger partial charge < -0.3 is 20.6 Å². The first-order chi connectivity index (χ1) is 10.0. The van der Waals surface area contributed by atoms with Crippen molar-refractivity contribution in [2.75, 3.05) is 26.2 Å². The third-order valence-electron chi connectivity index (χ3n) is 4.46. The van der Waals surface area contributed by atoms with Gasteiger partial charge in [0.25, 0.3) is 0 Å². The van der Waals surface area contributed by atoms with Crippen molar-refractivity contribution in [2.45, 2.75) is 38.5 Å². The summed E-state index contributed by atoms with van der Waals surface area (Å²) < 4.78 is 0. The maximum Gasteiger partial charge on any atom is 0.315 e. The fourth-order valence-corrected chi connectivity index (χ4v) is 2.79. The lowest BCUT2D eigenvalue weighted by Gasteiger charge is -2.37. The third kappa shape index (κ3) is 3.86. The van der Waals surface area contributed by atoms with Gasteiger partial charge in [-0.2, -0.15) is 0 Å². The van der Waals surface area contributed by atoms with Crippen LogP contribution >= 0.6 is 0 Å². The molecule has 0 unspecified atom stereocenters. The maximum atomic E-state index is 11.9. The second kappa shape index (κ2) is 6.78. The number of rotatable bonds is 5. The zero-order valence-corrected chi connectivity index (χ0v) is 12.2. The summed E-state index contributed by atoms with van der Waals surface area (Å²) in [4.78, 5) is 36.4. The number of piperidine rings is 1. The molecule has 1 heterocycles. The Kier molecular flexibility index (Phi) is 5.03. The molecule has 7 nitrogen and oxygen atoms in total. The zero-order valence-electron chi connectivity index (χ0n) is 12.2. The SMILES string of the molecule is O=C(NCC(=O)N1CCCCC1)NCC1(C(=O)O)CCC1. The topological polar surface area (TPSA) is 98.7 Å². The summed E-state index contributed by atoms with van der Waals surface area (Å²) in [5, 5.41) is 14.2. The highest BCUT2D eigenvalue weighted by molar-refractivity contribution is 5.84. The van der Waals surface area contributed by atoms with Gasteiger partial charge in [0.2, 0.25) is 5.91 Å². The minimum Gasteiger partial charge on any atom is -0.481 e. The number of hydrogen-bond acceptors (Lipinski definition) is 3. The normalized spacial score (nSPS) is 20.3. The van der Waals surface area contributed by atoms with E-state index in [2.05, 4.69) is 10.6 Å². The molecular weight excluding hydrogens is 274 g/mol. The summed E-state index contributed by atoms with van der Waals surface area (Å²) >= 11 is 0. The molecule has 2 aliphatic rings. The second-order valence-corrected chi connectivity index (χ2v) is 5.92. The van der Waals surface area contributed by atoms with Gasteiger partial charge in [-0.15, -0.1) is 0 Å². The van der Waals surface area contributed by atoms with Gasteiger partial charge in [-0.3, -0.25) is 9.59 Å². The highest BCUT2D eigenvalue weighted by Gasteiger charge is 2.44. The number of nitrogens with one attached hydrogen (secondary N) is 2. The number of likely N-dealkylation sites (tertiary alicyclic amines) is 1. The van der Waals surface area contributed by atoms with Crippen LogP contribution in [0.3, 0.4) is 0 Å². The van der Waals surface area contributed by atoms with Gasteiger partial charge >= 0.3 is 12.0 Å². The van der Waals surface area contributed by atoms with Crippen LogP contribution in [0.5, 0.6) is 0 Å². The zero-order chi connectivity index (χ0) is 15.3. The van der Waals surface area contributed by atoms with Gasteiger partial charge in [-0.25, -0.2) is 4.79 Å². The molecule has 0 aromatic carbocycles. The summed E-state index contributed by atoms with van der Waals surface area (Å²) in [5.41, 5.74) is -0.811. The summed E-state index contributed by atoms with van der Waals surface area (Å²) in [6, 6.07) is -0.479. The Balaban J connectivity index is 1.67. The Morgan fingerprint density at radius 1 is 1.00 bits per heavy atom. The van der Waals surface area contributed by atoms with Crippen molar-refractivity contribution in [3.63, 3.8) is 0 Å². The van der Waals surface area contributed by atoms with Crippen molar-refractivity contribution in [2.24, 2.45) is 5.41 Å². The van der Waals surface area contributed by atoms with E-state index in [-0.39, 0.29) is 19.0 Å². The molecule has 1 aliphatic carbocycles. The van der Waals surface area contributed by atoms with E-state index in [9.17, 15) is 14.4 Å². The Morgan fingerprint density at radius 3 is 2.19 bits per heavy atom. The molecule has 7 heteroatoms. The average molecular weight is 297 g/mol. The van der Waals surface area contributed by atoms with Gasteiger partial charge in [0.05, 0.1) is 12.0 Å². The average Bonchev–Trinajstić information content (AvgIpc) is 2.44. The Labute approximate surface area is 124 Å². The lowest BCUT2D eigenvalue weighted by molar-refractivity contribution is -0.153. The van der Waals surface area contributed by atoms with E-state index in [4.69, 9.17) is 5.11 Å². The first kappa shape index (κ1) is 15.6. The van der Waals surface area contributed by atoms with Crippen molar-refractivity contribution in [1.82, 2.24) is 15.5 Å². The molecule has 1 saturated heterocycles. The van der Waals surface area contributed by atoms with E-state index in [0.717, 1.165) is 38.8 Å². The number of aliphatic carboxylic acids is 1. The van der Waals surface area contributed by atoms with Crippen molar-refractivity contribution >= 4 is 17.9 Å². The molecule has 0 spiro atoms. The van der Waals surface area contributed by atoms with E-state index in [1.807, 2.05) is 0 Å². The molecule has 2 fully saturated rings. The molecule has 21 heavy (non-hydrogen) atoms. The maximum absolute atomic E-state index is 11.9. The number of amides is 3. The van der Waals surface area contributed by atoms with Gasteiger partial charge in [0.1, 0.15) is 0 Å². The van der Waals surface area contributed by atoms with Crippen molar-refractivity contribution < 1.29 is 19.5 Å². The Bertz CT molecular complexity index is 414. The minimum absolute atomic E-state index is 0.0358. The Hall–Kier alpha value is -1.79. The van der Waals surface area contributed by atoms with Crippen LogP contribution in [0.1, 0.15) is 38.5 Å². The number of urea groups is 1. The summed E-state index contributed by atoms with van der Waals surface area (Å²) in [5.74, 6) is -0.945. The van der Waals surface area contributed by atoms with Crippen LogP contribution in [0.25, 0.3) is 0 Å². The first-order valence-electron chi connectivity index (χ1n) is 7.56. The van der Waals surface area contributed by atoms with E-state index in [1.165, 1.54) is 0 Å².